The van der Waals surface area contributed by atoms with E-state index in [4.69, 9.17) is 4.74 Å². The minimum Gasteiger partial charge on any atom is -0.368 e. The normalized spacial score (nSPS) is 28.5. The molecule has 1 fully saturated rings. The predicted octanol–water partition coefficient (Wildman–Crippen LogP) is 4.47. The van der Waals surface area contributed by atoms with Crippen LogP contribution in [0.15, 0.2) is 11.6 Å². The maximum Gasteiger partial charge on any atom is 0.246 e. The highest BCUT2D eigenvalue weighted by molar-refractivity contribution is 5.77. The molecule has 3 nitrogen and oxygen atoms in total. The Morgan fingerprint density at radius 2 is 2.17 bits per heavy atom. The number of ether oxygens (including phenoxy) is 1. The standard InChI is InChI=1S/C20H35NO2/c1-15(2)18-10-9-16(3)13-19(18)23-14-20(22)21-12-11-17-7-5-4-6-8-17/h7,15-16,18-19H,4-6,8-14H2,1-3H3,(H,21,22)/t16-,18+,19-/m1/s1. The molecule has 3 heteroatoms. The Morgan fingerprint density at radius 3 is 2.87 bits per heavy atom. The zero-order valence-corrected chi connectivity index (χ0v) is 15.3. The van der Waals surface area contributed by atoms with Crippen LogP contribution in [0, 0.1) is 17.8 Å². The number of hydrogen-bond donors (Lipinski definition) is 1. The number of allylic oxidation sites excluding steroid dienone is 1. The van der Waals surface area contributed by atoms with Gasteiger partial charge >= 0.3 is 0 Å². The van der Waals surface area contributed by atoms with E-state index in [1.807, 2.05) is 0 Å². The van der Waals surface area contributed by atoms with Crippen molar-refractivity contribution >= 4 is 5.91 Å². The Morgan fingerprint density at radius 1 is 1.35 bits per heavy atom. The molecule has 2 aliphatic carbocycles. The van der Waals surface area contributed by atoms with Crippen LogP contribution in [-0.4, -0.2) is 25.2 Å². The van der Waals surface area contributed by atoms with Gasteiger partial charge in [0.25, 0.3) is 0 Å². The molecule has 0 heterocycles. The van der Waals surface area contributed by atoms with Gasteiger partial charge < -0.3 is 10.1 Å². The van der Waals surface area contributed by atoms with Crippen LogP contribution < -0.4 is 5.32 Å². The van der Waals surface area contributed by atoms with Crippen molar-refractivity contribution in [1.82, 2.24) is 5.32 Å². The highest BCUT2D eigenvalue weighted by Crippen LogP contribution is 2.35. The van der Waals surface area contributed by atoms with E-state index in [0.717, 1.165) is 25.3 Å². The molecule has 0 aromatic heterocycles. The van der Waals surface area contributed by atoms with E-state index in [-0.39, 0.29) is 18.6 Å². The van der Waals surface area contributed by atoms with E-state index in [1.165, 1.54) is 44.1 Å². The summed E-state index contributed by atoms with van der Waals surface area (Å²) in [5.41, 5.74) is 1.51. The zero-order chi connectivity index (χ0) is 16.7. The van der Waals surface area contributed by atoms with E-state index in [0.29, 0.717) is 11.8 Å². The van der Waals surface area contributed by atoms with Crippen LogP contribution >= 0.6 is 0 Å². The second kappa shape index (κ2) is 9.46. The summed E-state index contributed by atoms with van der Waals surface area (Å²) in [6, 6.07) is 0. The summed E-state index contributed by atoms with van der Waals surface area (Å²) in [4.78, 5) is 12.0. The number of carbonyl (C=O) groups is 1. The van der Waals surface area contributed by atoms with Crippen molar-refractivity contribution in [1.29, 1.82) is 0 Å². The van der Waals surface area contributed by atoms with Crippen LogP contribution in [0.1, 0.15) is 72.1 Å². The molecule has 23 heavy (non-hydrogen) atoms. The maximum absolute atomic E-state index is 12.0. The van der Waals surface area contributed by atoms with E-state index >= 15 is 0 Å². The second-order valence-corrected chi connectivity index (χ2v) is 7.88. The highest BCUT2D eigenvalue weighted by Gasteiger charge is 2.31. The van der Waals surface area contributed by atoms with Crippen LogP contribution in [0.25, 0.3) is 0 Å². The summed E-state index contributed by atoms with van der Waals surface area (Å²) in [5.74, 6) is 2.00. The predicted molar refractivity (Wildman–Crippen MR) is 95.3 cm³/mol. The summed E-state index contributed by atoms with van der Waals surface area (Å²) in [6.07, 6.45) is 12.3. The average Bonchev–Trinajstić information content (AvgIpc) is 2.53. The minimum absolute atomic E-state index is 0.0437. The molecule has 0 saturated heterocycles. The second-order valence-electron chi connectivity index (χ2n) is 7.88. The largest absolute Gasteiger partial charge is 0.368 e. The summed E-state index contributed by atoms with van der Waals surface area (Å²) in [5, 5.41) is 3.02. The third-order valence-electron chi connectivity index (χ3n) is 5.54. The summed E-state index contributed by atoms with van der Waals surface area (Å²) >= 11 is 0. The number of nitrogens with one attached hydrogen (secondary N) is 1. The molecule has 2 rings (SSSR count). The number of carbonyl (C=O) groups excluding carboxylic acids is 1. The van der Waals surface area contributed by atoms with Gasteiger partial charge in [-0.1, -0.05) is 38.8 Å². The quantitative estimate of drug-likeness (QED) is 0.703. The van der Waals surface area contributed by atoms with Gasteiger partial charge in [0.2, 0.25) is 5.91 Å². The molecule has 0 bridgehead atoms. The molecule has 1 saturated carbocycles. The third-order valence-corrected chi connectivity index (χ3v) is 5.54. The first-order valence-corrected chi connectivity index (χ1v) is 9.62. The first-order chi connectivity index (χ1) is 11.1. The topological polar surface area (TPSA) is 38.3 Å². The summed E-state index contributed by atoms with van der Waals surface area (Å²) in [6.45, 7) is 7.82. The highest BCUT2D eigenvalue weighted by atomic mass is 16.5. The lowest BCUT2D eigenvalue weighted by molar-refractivity contribution is -0.131. The average molecular weight is 322 g/mol. The smallest absolute Gasteiger partial charge is 0.246 e. The van der Waals surface area contributed by atoms with Crippen molar-refractivity contribution in [3.05, 3.63) is 11.6 Å². The molecule has 1 N–H and O–H groups in total. The Bertz CT molecular complexity index is 402. The van der Waals surface area contributed by atoms with E-state index < -0.39 is 0 Å². The molecule has 0 aromatic carbocycles. The molecule has 0 aromatic rings. The van der Waals surface area contributed by atoms with Crippen molar-refractivity contribution < 1.29 is 9.53 Å². The van der Waals surface area contributed by atoms with Gasteiger partial charge in [-0.2, -0.15) is 0 Å². The molecular weight excluding hydrogens is 286 g/mol. The lowest BCUT2D eigenvalue weighted by atomic mass is 9.75. The molecular formula is C20H35NO2. The Kier molecular flexibility index (Phi) is 7.61. The van der Waals surface area contributed by atoms with Gasteiger partial charge in [-0.15, -0.1) is 0 Å². The third kappa shape index (κ3) is 6.29. The van der Waals surface area contributed by atoms with E-state index in [1.54, 1.807) is 0 Å². The summed E-state index contributed by atoms with van der Waals surface area (Å²) < 4.78 is 6.00. The van der Waals surface area contributed by atoms with Gasteiger partial charge in [-0.3, -0.25) is 4.79 Å². The van der Waals surface area contributed by atoms with Crippen molar-refractivity contribution in [2.75, 3.05) is 13.2 Å². The summed E-state index contributed by atoms with van der Waals surface area (Å²) in [7, 11) is 0. The lowest BCUT2D eigenvalue weighted by Gasteiger charge is -2.37. The Labute approximate surface area is 142 Å². The van der Waals surface area contributed by atoms with Gasteiger partial charge in [0.15, 0.2) is 0 Å². The maximum atomic E-state index is 12.0. The van der Waals surface area contributed by atoms with Gasteiger partial charge in [-0.05, 0) is 62.7 Å². The number of rotatable bonds is 7. The number of amides is 1. The first-order valence-electron chi connectivity index (χ1n) is 9.62. The van der Waals surface area contributed by atoms with E-state index in [2.05, 4.69) is 32.2 Å². The van der Waals surface area contributed by atoms with Gasteiger partial charge in [0.05, 0.1) is 6.10 Å². The van der Waals surface area contributed by atoms with Gasteiger partial charge in [-0.25, -0.2) is 0 Å². The first kappa shape index (κ1) is 18.5. The van der Waals surface area contributed by atoms with Crippen molar-refractivity contribution in [3.63, 3.8) is 0 Å². The lowest BCUT2D eigenvalue weighted by Crippen LogP contribution is -2.37. The fourth-order valence-electron chi connectivity index (χ4n) is 4.03. The Balaban J connectivity index is 1.67. The van der Waals surface area contributed by atoms with E-state index in [9.17, 15) is 4.79 Å². The molecule has 0 radical (unpaired) electrons. The van der Waals surface area contributed by atoms with Crippen LogP contribution in [0.4, 0.5) is 0 Å². The van der Waals surface area contributed by atoms with Gasteiger partial charge in [0, 0.05) is 6.54 Å². The molecule has 1 amide bonds. The van der Waals surface area contributed by atoms with Crippen LogP contribution in [0.2, 0.25) is 0 Å². The SMILES string of the molecule is CC(C)[C@@H]1CC[C@@H](C)C[C@H]1OCC(=O)NCCC1=CCCCC1. The molecule has 3 atom stereocenters. The molecule has 0 aliphatic heterocycles. The fraction of sp³-hybridized carbons (Fsp3) is 0.850. The monoisotopic (exact) mass is 321 g/mol. The molecule has 0 unspecified atom stereocenters. The molecule has 2 aliphatic rings. The van der Waals surface area contributed by atoms with Gasteiger partial charge in [0.1, 0.15) is 6.61 Å². The van der Waals surface area contributed by atoms with Crippen LogP contribution in [0.5, 0.6) is 0 Å². The van der Waals surface area contributed by atoms with Crippen LogP contribution in [0.3, 0.4) is 0 Å². The molecule has 132 valence electrons. The minimum atomic E-state index is 0.0437. The van der Waals surface area contributed by atoms with Crippen molar-refractivity contribution in [2.45, 2.75) is 78.2 Å². The fourth-order valence-corrected chi connectivity index (χ4v) is 4.03. The van der Waals surface area contributed by atoms with Crippen molar-refractivity contribution in [3.8, 4) is 0 Å². The molecule has 0 spiro atoms. The zero-order valence-electron chi connectivity index (χ0n) is 15.3. The van der Waals surface area contributed by atoms with Crippen LogP contribution in [-0.2, 0) is 9.53 Å². The number of hydrogen-bond acceptors (Lipinski definition) is 2. The van der Waals surface area contributed by atoms with Crippen molar-refractivity contribution in [2.24, 2.45) is 17.8 Å². The Hall–Kier alpha value is -0.830.